The van der Waals surface area contributed by atoms with Crippen molar-refractivity contribution in [2.45, 2.75) is 31.8 Å². The molecule has 0 radical (unpaired) electrons. The molecule has 4 N–H and O–H groups in total. The van der Waals surface area contributed by atoms with Crippen molar-refractivity contribution in [3.63, 3.8) is 0 Å². The Kier molecular flexibility index (Phi) is 3.69. The number of hydrogen-bond donors (Lipinski definition) is 3. The third-order valence-corrected chi connectivity index (χ3v) is 4.03. The Morgan fingerprint density at radius 3 is 2.80 bits per heavy atom. The van der Waals surface area contributed by atoms with Crippen molar-refractivity contribution in [3.05, 3.63) is 24.5 Å². The Labute approximate surface area is 118 Å². The molecular weight excluding hydrogens is 252 g/mol. The van der Waals surface area contributed by atoms with E-state index in [4.69, 9.17) is 5.73 Å². The molecule has 106 valence electrons. The van der Waals surface area contributed by atoms with Gasteiger partial charge in [0, 0.05) is 17.6 Å². The fraction of sp³-hybridized carbons (Fsp3) is 0.467. The van der Waals surface area contributed by atoms with Crippen LogP contribution in [-0.4, -0.2) is 27.7 Å². The van der Waals surface area contributed by atoms with E-state index in [9.17, 15) is 5.11 Å². The van der Waals surface area contributed by atoms with E-state index >= 15 is 0 Å². The molecule has 0 aliphatic heterocycles. The van der Waals surface area contributed by atoms with Crippen molar-refractivity contribution >= 4 is 22.4 Å². The molecule has 1 aromatic heterocycles. The van der Waals surface area contributed by atoms with Gasteiger partial charge >= 0.3 is 0 Å². The van der Waals surface area contributed by atoms with E-state index in [-0.39, 0.29) is 6.10 Å². The molecule has 2 aromatic rings. The van der Waals surface area contributed by atoms with Crippen LogP contribution in [0.4, 0.5) is 11.5 Å². The zero-order valence-corrected chi connectivity index (χ0v) is 11.4. The summed E-state index contributed by atoms with van der Waals surface area (Å²) < 4.78 is 0. The number of anilines is 2. The smallest absolute Gasteiger partial charge is 0.137 e. The summed E-state index contributed by atoms with van der Waals surface area (Å²) in [7, 11) is 0. The van der Waals surface area contributed by atoms with Crippen molar-refractivity contribution < 1.29 is 5.11 Å². The van der Waals surface area contributed by atoms with E-state index < -0.39 is 0 Å². The standard InChI is InChI=1S/C15H20N4O/c16-11-3-6-14-13(7-11)15(19-9-18-14)17-8-10-1-4-12(20)5-2-10/h3,6-7,9-10,12,20H,1-2,4-5,8,16H2,(H,17,18,19). The van der Waals surface area contributed by atoms with Crippen LogP contribution >= 0.6 is 0 Å². The number of rotatable bonds is 3. The highest BCUT2D eigenvalue weighted by Crippen LogP contribution is 2.26. The molecule has 20 heavy (non-hydrogen) atoms. The van der Waals surface area contributed by atoms with Gasteiger partial charge in [-0.3, -0.25) is 0 Å². The molecule has 0 unspecified atom stereocenters. The molecule has 1 fully saturated rings. The molecule has 5 nitrogen and oxygen atoms in total. The first kappa shape index (κ1) is 13.1. The minimum atomic E-state index is -0.106. The molecule has 0 bridgehead atoms. The van der Waals surface area contributed by atoms with Gasteiger partial charge in [0.2, 0.25) is 0 Å². The van der Waals surface area contributed by atoms with Crippen LogP contribution in [0.1, 0.15) is 25.7 Å². The van der Waals surface area contributed by atoms with Crippen molar-refractivity contribution in [3.8, 4) is 0 Å². The summed E-state index contributed by atoms with van der Waals surface area (Å²) in [5.41, 5.74) is 7.45. The lowest BCUT2D eigenvalue weighted by Crippen LogP contribution is -2.23. The summed E-state index contributed by atoms with van der Waals surface area (Å²) >= 11 is 0. The molecule has 0 saturated heterocycles. The van der Waals surface area contributed by atoms with Gasteiger partial charge < -0.3 is 16.2 Å². The summed E-state index contributed by atoms with van der Waals surface area (Å²) in [6.45, 7) is 0.883. The average Bonchev–Trinajstić information content (AvgIpc) is 2.47. The Balaban J connectivity index is 1.72. The first-order valence-corrected chi connectivity index (χ1v) is 7.14. The minimum absolute atomic E-state index is 0.106. The molecule has 3 rings (SSSR count). The summed E-state index contributed by atoms with van der Waals surface area (Å²) in [4.78, 5) is 8.57. The molecule has 1 aromatic carbocycles. The average molecular weight is 272 g/mol. The maximum absolute atomic E-state index is 9.53. The number of fused-ring (bicyclic) bond motifs is 1. The maximum Gasteiger partial charge on any atom is 0.137 e. The van der Waals surface area contributed by atoms with E-state index in [0.717, 1.165) is 54.6 Å². The lowest BCUT2D eigenvalue weighted by atomic mass is 9.87. The van der Waals surface area contributed by atoms with Gasteiger partial charge in [0.1, 0.15) is 12.1 Å². The first-order valence-electron chi connectivity index (χ1n) is 7.14. The number of nitrogen functional groups attached to an aromatic ring is 1. The Morgan fingerprint density at radius 1 is 1.20 bits per heavy atom. The number of hydrogen-bond acceptors (Lipinski definition) is 5. The third-order valence-electron chi connectivity index (χ3n) is 4.03. The number of aromatic nitrogens is 2. The highest BCUT2D eigenvalue weighted by molar-refractivity contribution is 5.91. The third kappa shape index (κ3) is 2.82. The quantitative estimate of drug-likeness (QED) is 0.746. The molecular formula is C15H20N4O. The molecule has 5 heteroatoms. The lowest BCUT2D eigenvalue weighted by molar-refractivity contribution is 0.111. The number of nitrogens with two attached hydrogens (primary N) is 1. The number of nitrogens with one attached hydrogen (secondary N) is 1. The van der Waals surface area contributed by atoms with E-state index in [1.807, 2.05) is 18.2 Å². The number of benzene rings is 1. The highest BCUT2D eigenvalue weighted by Gasteiger charge is 2.19. The van der Waals surface area contributed by atoms with Crippen LogP contribution in [0.3, 0.4) is 0 Å². The molecule has 0 spiro atoms. The first-order chi connectivity index (χ1) is 9.72. The van der Waals surface area contributed by atoms with Gasteiger partial charge in [-0.2, -0.15) is 0 Å². The van der Waals surface area contributed by atoms with Crippen LogP contribution in [0.25, 0.3) is 10.9 Å². The van der Waals surface area contributed by atoms with Gasteiger partial charge in [-0.15, -0.1) is 0 Å². The SMILES string of the molecule is Nc1ccc2ncnc(NCC3CCC(O)CC3)c2c1. The molecule has 1 saturated carbocycles. The van der Waals surface area contributed by atoms with Crippen LogP contribution in [0.5, 0.6) is 0 Å². The predicted molar refractivity (Wildman–Crippen MR) is 80.4 cm³/mol. The largest absolute Gasteiger partial charge is 0.399 e. The summed E-state index contributed by atoms with van der Waals surface area (Å²) in [6.07, 6.45) is 5.42. The second-order valence-corrected chi connectivity index (χ2v) is 5.55. The second kappa shape index (κ2) is 5.63. The van der Waals surface area contributed by atoms with Crippen LogP contribution < -0.4 is 11.1 Å². The van der Waals surface area contributed by atoms with Gasteiger partial charge in [-0.05, 0) is 49.8 Å². The molecule has 1 aliphatic rings. The summed E-state index contributed by atoms with van der Waals surface area (Å²) in [5.74, 6) is 1.44. The molecule has 0 atom stereocenters. The number of nitrogens with zero attached hydrogens (tertiary/aromatic N) is 2. The predicted octanol–water partition coefficient (Wildman–Crippen LogP) is 2.17. The summed E-state index contributed by atoms with van der Waals surface area (Å²) in [5, 5.41) is 13.9. The van der Waals surface area contributed by atoms with E-state index in [2.05, 4.69) is 15.3 Å². The van der Waals surface area contributed by atoms with Crippen molar-refractivity contribution in [1.82, 2.24) is 9.97 Å². The van der Waals surface area contributed by atoms with Gasteiger partial charge in [0.05, 0.1) is 11.6 Å². The zero-order chi connectivity index (χ0) is 13.9. The number of aliphatic hydroxyl groups is 1. The van der Waals surface area contributed by atoms with Gasteiger partial charge in [0.15, 0.2) is 0 Å². The lowest BCUT2D eigenvalue weighted by Gasteiger charge is -2.25. The minimum Gasteiger partial charge on any atom is -0.399 e. The van der Waals surface area contributed by atoms with Gasteiger partial charge in [0.25, 0.3) is 0 Å². The van der Waals surface area contributed by atoms with E-state index in [1.165, 1.54) is 0 Å². The van der Waals surface area contributed by atoms with Crippen LogP contribution in [0, 0.1) is 5.92 Å². The van der Waals surface area contributed by atoms with Crippen molar-refractivity contribution in [1.29, 1.82) is 0 Å². The second-order valence-electron chi connectivity index (χ2n) is 5.55. The Hall–Kier alpha value is -1.88. The monoisotopic (exact) mass is 272 g/mol. The maximum atomic E-state index is 9.53. The topological polar surface area (TPSA) is 84.1 Å². The summed E-state index contributed by atoms with van der Waals surface area (Å²) in [6, 6.07) is 5.67. The Morgan fingerprint density at radius 2 is 2.00 bits per heavy atom. The fourth-order valence-electron chi connectivity index (χ4n) is 2.81. The van der Waals surface area contributed by atoms with Crippen LogP contribution in [0.2, 0.25) is 0 Å². The normalized spacial score (nSPS) is 22.9. The number of aliphatic hydroxyl groups excluding tert-OH is 1. The van der Waals surface area contributed by atoms with Crippen LogP contribution in [-0.2, 0) is 0 Å². The van der Waals surface area contributed by atoms with E-state index in [0.29, 0.717) is 5.92 Å². The molecule has 1 heterocycles. The van der Waals surface area contributed by atoms with Crippen LogP contribution in [0.15, 0.2) is 24.5 Å². The molecule has 1 aliphatic carbocycles. The van der Waals surface area contributed by atoms with E-state index in [1.54, 1.807) is 6.33 Å². The van der Waals surface area contributed by atoms with Crippen molar-refractivity contribution in [2.75, 3.05) is 17.6 Å². The van der Waals surface area contributed by atoms with Gasteiger partial charge in [-0.25, -0.2) is 9.97 Å². The molecule has 0 amide bonds. The van der Waals surface area contributed by atoms with Crippen molar-refractivity contribution in [2.24, 2.45) is 5.92 Å². The Bertz CT molecular complexity index is 593. The van der Waals surface area contributed by atoms with Gasteiger partial charge in [-0.1, -0.05) is 0 Å². The zero-order valence-electron chi connectivity index (χ0n) is 11.4. The highest BCUT2D eigenvalue weighted by atomic mass is 16.3. The fourth-order valence-corrected chi connectivity index (χ4v) is 2.81.